The van der Waals surface area contributed by atoms with Gasteiger partial charge >= 0.3 is 0 Å². The minimum absolute atomic E-state index is 0.0506. The van der Waals surface area contributed by atoms with E-state index in [1.54, 1.807) is 7.11 Å². The molecule has 0 aromatic heterocycles. The van der Waals surface area contributed by atoms with Crippen molar-refractivity contribution in [1.82, 2.24) is 0 Å². The third kappa shape index (κ3) is 2.76. The molecule has 0 amide bonds. The Kier molecular flexibility index (Phi) is 3.63. The number of methoxy groups -OCH3 is 1. The molecule has 0 heterocycles. The zero-order chi connectivity index (χ0) is 14.8. The molecule has 0 saturated carbocycles. The van der Waals surface area contributed by atoms with Crippen LogP contribution in [0.5, 0.6) is 5.75 Å². The van der Waals surface area contributed by atoms with E-state index in [-0.39, 0.29) is 6.04 Å². The molecule has 0 aliphatic heterocycles. The standard InChI is InChI=1S/C19H19NO/c1-13(20)14-4-3-5-15(10-14)16-6-7-18-12-19(21-2)9-8-17(18)11-16/h3-13H,20H2,1-2H3. The first kappa shape index (κ1) is 13.7. The van der Waals surface area contributed by atoms with Crippen LogP contribution in [-0.4, -0.2) is 7.11 Å². The Bertz CT molecular complexity index is 777. The highest BCUT2D eigenvalue weighted by Crippen LogP contribution is 2.28. The number of hydrogen-bond donors (Lipinski definition) is 1. The largest absolute Gasteiger partial charge is 0.497 e. The molecule has 0 aliphatic rings. The maximum atomic E-state index is 5.97. The molecule has 0 spiro atoms. The van der Waals surface area contributed by atoms with Crippen molar-refractivity contribution in [3.05, 3.63) is 66.2 Å². The molecule has 1 unspecified atom stereocenters. The number of hydrogen-bond acceptors (Lipinski definition) is 2. The first-order valence-corrected chi connectivity index (χ1v) is 7.11. The Morgan fingerprint density at radius 2 is 1.57 bits per heavy atom. The second-order valence-corrected chi connectivity index (χ2v) is 5.34. The number of benzene rings is 3. The Hall–Kier alpha value is -2.32. The van der Waals surface area contributed by atoms with Gasteiger partial charge in [0.15, 0.2) is 0 Å². The van der Waals surface area contributed by atoms with Crippen molar-refractivity contribution in [1.29, 1.82) is 0 Å². The van der Waals surface area contributed by atoms with Gasteiger partial charge < -0.3 is 10.5 Å². The van der Waals surface area contributed by atoms with Crippen molar-refractivity contribution in [3.63, 3.8) is 0 Å². The maximum absolute atomic E-state index is 5.97. The molecule has 0 bridgehead atoms. The molecular weight excluding hydrogens is 258 g/mol. The number of rotatable bonds is 3. The van der Waals surface area contributed by atoms with Gasteiger partial charge in [-0.1, -0.05) is 36.4 Å². The topological polar surface area (TPSA) is 35.2 Å². The Labute approximate surface area is 125 Å². The van der Waals surface area contributed by atoms with E-state index >= 15 is 0 Å². The fraction of sp³-hybridized carbons (Fsp3) is 0.158. The van der Waals surface area contributed by atoms with Crippen LogP contribution in [0.1, 0.15) is 18.5 Å². The summed E-state index contributed by atoms with van der Waals surface area (Å²) in [6.07, 6.45) is 0. The van der Waals surface area contributed by atoms with E-state index in [2.05, 4.69) is 54.6 Å². The quantitative estimate of drug-likeness (QED) is 0.763. The fourth-order valence-corrected chi connectivity index (χ4v) is 2.53. The highest BCUT2D eigenvalue weighted by molar-refractivity contribution is 5.88. The summed E-state index contributed by atoms with van der Waals surface area (Å²) in [5.41, 5.74) is 9.52. The van der Waals surface area contributed by atoms with E-state index in [0.29, 0.717) is 0 Å². The van der Waals surface area contributed by atoms with Crippen molar-refractivity contribution >= 4 is 10.8 Å². The second kappa shape index (κ2) is 5.58. The van der Waals surface area contributed by atoms with Crippen LogP contribution in [0.3, 0.4) is 0 Å². The summed E-state index contributed by atoms with van der Waals surface area (Å²) in [6.45, 7) is 2.01. The van der Waals surface area contributed by atoms with Crippen molar-refractivity contribution in [3.8, 4) is 16.9 Å². The van der Waals surface area contributed by atoms with E-state index in [9.17, 15) is 0 Å². The van der Waals surface area contributed by atoms with Crippen LogP contribution < -0.4 is 10.5 Å². The summed E-state index contributed by atoms with van der Waals surface area (Å²) in [5.74, 6) is 0.884. The smallest absolute Gasteiger partial charge is 0.119 e. The minimum Gasteiger partial charge on any atom is -0.497 e. The second-order valence-electron chi connectivity index (χ2n) is 5.34. The molecule has 21 heavy (non-hydrogen) atoms. The zero-order valence-electron chi connectivity index (χ0n) is 12.3. The van der Waals surface area contributed by atoms with E-state index in [1.165, 1.54) is 21.9 Å². The molecular formula is C19H19NO. The lowest BCUT2D eigenvalue weighted by Crippen LogP contribution is -2.04. The van der Waals surface area contributed by atoms with Gasteiger partial charge in [0.25, 0.3) is 0 Å². The lowest BCUT2D eigenvalue weighted by molar-refractivity contribution is 0.415. The van der Waals surface area contributed by atoms with Gasteiger partial charge in [-0.2, -0.15) is 0 Å². The fourth-order valence-electron chi connectivity index (χ4n) is 2.53. The SMILES string of the molecule is COc1ccc2cc(-c3cccc(C(C)N)c3)ccc2c1. The summed E-state index contributed by atoms with van der Waals surface area (Å²) >= 11 is 0. The van der Waals surface area contributed by atoms with Crippen LogP contribution >= 0.6 is 0 Å². The van der Waals surface area contributed by atoms with Gasteiger partial charge in [0.1, 0.15) is 5.75 Å². The molecule has 0 radical (unpaired) electrons. The van der Waals surface area contributed by atoms with Gasteiger partial charge in [0.05, 0.1) is 7.11 Å². The van der Waals surface area contributed by atoms with E-state index < -0.39 is 0 Å². The minimum atomic E-state index is 0.0506. The van der Waals surface area contributed by atoms with Crippen molar-refractivity contribution in [2.24, 2.45) is 5.73 Å². The third-order valence-corrected chi connectivity index (χ3v) is 3.79. The van der Waals surface area contributed by atoms with Crippen LogP contribution in [0.25, 0.3) is 21.9 Å². The highest BCUT2D eigenvalue weighted by atomic mass is 16.5. The molecule has 1 atom stereocenters. The summed E-state index contributed by atoms with van der Waals surface area (Å²) in [7, 11) is 1.69. The Balaban J connectivity index is 2.06. The highest BCUT2D eigenvalue weighted by Gasteiger charge is 2.04. The maximum Gasteiger partial charge on any atom is 0.119 e. The molecule has 106 valence electrons. The summed E-state index contributed by atoms with van der Waals surface area (Å²) < 4.78 is 5.27. The van der Waals surface area contributed by atoms with Crippen molar-refractivity contribution < 1.29 is 4.74 Å². The first-order valence-electron chi connectivity index (χ1n) is 7.11. The van der Waals surface area contributed by atoms with Gasteiger partial charge in [0.2, 0.25) is 0 Å². The normalized spacial score (nSPS) is 12.3. The molecule has 0 aliphatic carbocycles. The van der Waals surface area contributed by atoms with Crippen LogP contribution in [0, 0.1) is 0 Å². The molecule has 3 rings (SSSR count). The molecule has 3 aromatic rings. The molecule has 0 saturated heterocycles. The predicted molar refractivity (Wildman–Crippen MR) is 88.5 cm³/mol. The number of ether oxygens (including phenoxy) is 1. The average molecular weight is 277 g/mol. The van der Waals surface area contributed by atoms with Gasteiger partial charge in [-0.3, -0.25) is 0 Å². The molecule has 2 N–H and O–H groups in total. The first-order chi connectivity index (χ1) is 10.2. The Morgan fingerprint density at radius 3 is 2.33 bits per heavy atom. The van der Waals surface area contributed by atoms with Gasteiger partial charge in [-0.15, -0.1) is 0 Å². The predicted octanol–water partition coefficient (Wildman–Crippen LogP) is 4.54. The third-order valence-electron chi connectivity index (χ3n) is 3.79. The van der Waals surface area contributed by atoms with Crippen LogP contribution in [0.4, 0.5) is 0 Å². The Morgan fingerprint density at radius 1 is 0.857 bits per heavy atom. The molecule has 2 heteroatoms. The molecule has 3 aromatic carbocycles. The van der Waals surface area contributed by atoms with Gasteiger partial charge in [0, 0.05) is 6.04 Å². The lowest BCUT2D eigenvalue weighted by atomic mass is 9.98. The van der Waals surface area contributed by atoms with Crippen LogP contribution in [0.15, 0.2) is 60.7 Å². The number of fused-ring (bicyclic) bond motifs is 1. The average Bonchev–Trinajstić information content (AvgIpc) is 2.54. The summed E-state index contributed by atoms with van der Waals surface area (Å²) in [5, 5.41) is 2.39. The van der Waals surface area contributed by atoms with E-state index in [1.807, 2.05) is 13.0 Å². The van der Waals surface area contributed by atoms with E-state index in [4.69, 9.17) is 10.5 Å². The van der Waals surface area contributed by atoms with E-state index in [0.717, 1.165) is 11.3 Å². The van der Waals surface area contributed by atoms with Crippen molar-refractivity contribution in [2.75, 3.05) is 7.11 Å². The zero-order valence-corrected chi connectivity index (χ0v) is 12.3. The molecule has 0 fully saturated rings. The van der Waals surface area contributed by atoms with Crippen LogP contribution in [-0.2, 0) is 0 Å². The summed E-state index contributed by atoms with van der Waals surface area (Å²) in [4.78, 5) is 0. The lowest BCUT2D eigenvalue weighted by Gasteiger charge is -2.10. The monoisotopic (exact) mass is 277 g/mol. The van der Waals surface area contributed by atoms with Gasteiger partial charge in [-0.25, -0.2) is 0 Å². The summed E-state index contributed by atoms with van der Waals surface area (Å²) in [6, 6.07) is 21.1. The van der Waals surface area contributed by atoms with Gasteiger partial charge in [-0.05, 0) is 58.7 Å². The number of nitrogens with two attached hydrogens (primary N) is 1. The van der Waals surface area contributed by atoms with Crippen molar-refractivity contribution in [2.45, 2.75) is 13.0 Å². The molecule has 2 nitrogen and oxygen atoms in total. The van der Waals surface area contributed by atoms with Crippen LogP contribution in [0.2, 0.25) is 0 Å².